The molecule has 0 aromatic heterocycles. The van der Waals surface area contributed by atoms with Crippen LogP contribution in [0.5, 0.6) is 0 Å². The van der Waals surface area contributed by atoms with Crippen LogP contribution in [0.15, 0.2) is 30.3 Å². The molecule has 17 heavy (non-hydrogen) atoms. The maximum Gasteiger partial charge on any atom is 0.220 e. The average Bonchev–Trinajstić information content (AvgIpc) is 2.29. The van der Waals surface area contributed by atoms with Crippen molar-refractivity contribution in [2.45, 2.75) is 32.2 Å². The number of carbonyl (C=O) groups excluding carboxylic acids is 1. The number of carbonyl (C=O) groups is 1. The summed E-state index contributed by atoms with van der Waals surface area (Å²) in [5.74, 6) is -0.412. The van der Waals surface area contributed by atoms with Crippen LogP contribution in [-0.4, -0.2) is 11.9 Å². The standard InChI is InChI=1S/C13H20N2O.ClH/c1-2-12(14)9-11(13(15)16)8-10-6-4-3-5-7-10;/h3-7,11-12H,2,8-9,14H2,1H3,(H2,15,16);1H. The van der Waals surface area contributed by atoms with Crippen molar-refractivity contribution in [1.29, 1.82) is 0 Å². The molecule has 0 aliphatic rings. The van der Waals surface area contributed by atoms with Gasteiger partial charge in [-0.05, 0) is 24.8 Å². The zero-order chi connectivity index (χ0) is 12.0. The Hall–Kier alpha value is -1.06. The second-order valence-electron chi connectivity index (χ2n) is 4.19. The van der Waals surface area contributed by atoms with Crippen molar-refractivity contribution < 1.29 is 4.79 Å². The summed E-state index contributed by atoms with van der Waals surface area (Å²) in [5, 5.41) is 0. The molecule has 0 aliphatic heterocycles. The lowest BCUT2D eigenvalue weighted by atomic mass is 9.91. The monoisotopic (exact) mass is 256 g/mol. The van der Waals surface area contributed by atoms with Crippen molar-refractivity contribution in [2.24, 2.45) is 17.4 Å². The van der Waals surface area contributed by atoms with E-state index in [0.717, 1.165) is 12.0 Å². The van der Waals surface area contributed by atoms with Gasteiger partial charge in [0.1, 0.15) is 0 Å². The maximum atomic E-state index is 11.3. The van der Waals surface area contributed by atoms with Gasteiger partial charge in [-0.1, -0.05) is 37.3 Å². The summed E-state index contributed by atoms with van der Waals surface area (Å²) in [7, 11) is 0. The lowest BCUT2D eigenvalue weighted by Crippen LogP contribution is -2.32. The van der Waals surface area contributed by atoms with E-state index in [1.807, 2.05) is 37.3 Å². The van der Waals surface area contributed by atoms with E-state index >= 15 is 0 Å². The van der Waals surface area contributed by atoms with E-state index in [2.05, 4.69) is 0 Å². The fourth-order valence-corrected chi connectivity index (χ4v) is 1.73. The molecule has 2 atom stereocenters. The molecule has 0 saturated carbocycles. The van der Waals surface area contributed by atoms with Crippen LogP contribution in [0.1, 0.15) is 25.3 Å². The molecule has 1 rings (SSSR count). The van der Waals surface area contributed by atoms with Gasteiger partial charge in [-0.25, -0.2) is 0 Å². The number of halogens is 1. The van der Waals surface area contributed by atoms with Crippen molar-refractivity contribution >= 4 is 18.3 Å². The third-order valence-corrected chi connectivity index (χ3v) is 2.84. The summed E-state index contributed by atoms with van der Waals surface area (Å²) in [6.07, 6.45) is 2.23. The Balaban J connectivity index is 0.00000256. The molecular formula is C13H21ClN2O. The molecule has 1 amide bonds. The minimum atomic E-state index is -0.257. The molecule has 4 heteroatoms. The predicted octanol–water partition coefficient (Wildman–Crippen LogP) is 1.88. The molecule has 0 bridgehead atoms. The Morgan fingerprint density at radius 3 is 2.35 bits per heavy atom. The maximum absolute atomic E-state index is 11.3. The average molecular weight is 257 g/mol. The van der Waals surface area contributed by atoms with Crippen molar-refractivity contribution in [1.82, 2.24) is 0 Å². The molecule has 96 valence electrons. The van der Waals surface area contributed by atoms with E-state index in [-0.39, 0.29) is 30.3 Å². The zero-order valence-electron chi connectivity index (χ0n) is 10.1. The van der Waals surface area contributed by atoms with Crippen LogP contribution >= 0.6 is 12.4 Å². The number of nitrogens with two attached hydrogens (primary N) is 2. The highest BCUT2D eigenvalue weighted by Gasteiger charge is 2.18. The second-order valence-corrected chi connectivity index (χ2v) is 4.19. The van der Waals surface area contributed by atoms with Gasteiger partial charge < -0.3 is 11.5 Å². The highest BCUT2D eigenvalue weighted by atomic mass is 35.5. The number of hydrogen-bond acceptors (Lipinski definition) is 2. The molecule has 1 aromatic carbocycles. The Bertz CT molecular complexity index is 329. The minimum absolute atomic E-state index is 0. The van der Waals surface area contributed by atoms with Crippen LogP contribution in [0.2, 0.25) is 0 Å². The predicted molar refractivity (Wildman–Crippen MR) is 73.0 cm³/mol. The van der Waals surface area contributed by atoms with Crippen LogP contribution < -0.4 is 11.5 Å². The number of rotatable bonds is 6. The SMILES string of the molecule is CCC(N)CC(Cc1ccccc1)C(N)=O.Cl. The first-order valence-electron chi connectivity index (χ1n) is 5.72. The van der Waals surface area contributed by atoms with Crippen LogP contribution in [0, 0.1) is 5.92 Å². The number of hydrogen-bond donors (Lipinski definition) is 2. The molecule has 2 unspecified atom stereocenters. The highest BCUT2D eigenvalue weighted by Crippen LogP contribution is 2.14. The molecular weight excluding hydrogens is 236 g/mol. The summed E-state index contributed by atoms with van der Waals surface area (Å²) in [6.45, 7) is 2.02. The van der Waals surface area contributed by atoms with Crippen molar-refractivity contribution in [3.63, 3.8) is 0 Å². The van der Waals surface area contributed by atoms with E-state index in [0.29, 0.717) is 12.8 Å². The van der Waals surface area contributed by atoms with Gasteiger partial charge in [-0.3, -0.25) is 4.79 Å². The summed E-state index contributed by atoms with van der Waals surface area (Å²) in [5.41, 5.74) is 12.4. The van der Waals surface area contributed by atoms with E-state index in [1.165, 1.54) is 0 Å². The van der Waals surface area contributed by atoms with E-state index in [9.17, 15) is 4.79 Å². The lowest BCUT2D eigenvalue weighted by molar-refractivity contribution is -0.122. The number of benzene rings is 1. The van der Waals surface area contributed by atoms with Gasteiger partial charge in [0.15, 0.2) is 0 Å². The van der Waals surface area contributed by atoms with Gasteiger partial charge >= 0.3 is 0 Å². The molecule has 0 spiro atoms. The molecule has 3 nitrogen and oxygen atoms in total. The third-order valence-electron chi connectivity index (χ3n) is 2.84. The normalized spacial score (nSPS) is 13.5. The van der Waals surface area contributed by atoms with Crippen molar-refractivity contribution in [3.8, 4) is 0 Å². The Morgan fingerprint density at radius 1 is 1.29 bits per heavy atom. The first kappa shape index (κ1) is 15.9. The Morgan fingerprint density at radius 2 is 1.88 bits per heavy atom. The van der Waals surface area contributed by atoms with Gasteiger partial charge in [0, 0.05) is 12.0 Å². The minimum Gasteiger partial charge on any atom is -0.369 e. The second kappa shape index (κ2) is 8.09. The summed E-state index contributed by atoms with van der Waals surface area (Å²) >= 11 is 0. The molecule has 0 fully saturated rings. The topological polar surface area (TPSA) is 69.1 Å². The zero-order valence-corrected chi connectivity index (χ0v) is 11.0. The van der Waals surface area contributed by atoms with Crippen LogP contribution in [0.3, 0.4) is 0 Å². The van der Waals surface area contributed by atoms with E-state index < -0.39 is 0 Å². The molecule has 0 aliphatic carbocycles. The first-order chi connectivity index (χ1) is 7.63. The smallest absolute Gasteiger partial charge is 0.220 e. The fourth-order valence-electron chi connectivity index (χ4n) is 1.73. The molecule has 0 radical (unpaired) electrons. The molecule has 0 saturated heterocycles. The number of amides is 1. The van der Waals surface area contributed by atoms with Crippen molar-refractivity contribution in [2.75, 3.05) is 0 Å². The summed E-state index contributed by atoms with van der Waals surface area (Å²) in [6, 6.07) is 9.96. The van der Waals surface area contributed by atoms with Crippen LogP contribution in [0.4, 0.5) is 0 Å². The van der Waals surface area contributed by atoms with Crippen molar-refractivity contribution in [3.05, 3.63) is 35.9 Å². The fraction of sp³-hybridized carbons (Fsp3) is 0.462. The first-order valence-corrected chi connectivity index (χ1v) is 5.72. The highest BCUT2D eigenvalue weighted by molar-refractivity contribution is 5.85. The van der Waals surface area contributed by atoms with Gasteiger partial charge in [0.2, 0.25) is 5.91 Å². The summed E-state index contributed by atoms with van der Waals surface area (Å²) < 4.78 is 0. The van der Waals surface area contributed by atoms with Crippen LogP contribution in [0.25, 0.3) is 0 Å². The quantitative estimate of drug-likeness (QED) is 0.816. The van der Waals surface area contributed by atoms with Gasteiger partial charge in [0.25, 0.3) is 0 Å². The molecule has 4 N–H and O–H groups in total. The number of primary amides is 1. The molecule has 0 heterocycles. The van der Waals surface area contributed by atoms with Gasteiger partial charge in [0.05, 0.1) is 0 Å². The van der Waals surface area contributed by atoms with E-state index in [1.54, 1.807) is 0 Å². The van der Waals surface area contributed by atoms with Gasteiger partial charge in [-0.2, -0.15) is 0 Å². The third kappa shape index (κ3) is 5.71. The largest absolute Gasteiger partial charge is 0.369 e. The van der Waals surface area contributed by atoms with Gasteiger partial charge in [-0.15, -0.1) is 12.4 Å². The summed E-state index contributed by atoms with van der Waals surface area (Å²) in [4.78, 5) is 11.3. The lowest BCUT2D eigenvalue weighted by Gasteiger charge is -2.17. The molecule has 1 aromatic rings. The van der Waals surface area contributed by atoms with E-state index in [4.69, 9.17) is 11.5 Å². The Labute approximate surface area is 109 Å². The Kier molecular flexibility index (Phi) is 7.59. The van der Waals surface area contributed by atoms with Crippen LogP contribution in [-0.2, 0) is 11.2 Å².